The van der Waals surface area contributed by atoms with Crippen molar-refractivity contribution in [3.8, 4) is 5.69 Å². The molecule has 0 bridgehead atoms. The molecule has 2 aromatic rings. The molecule has 2 rings (SSSR count). The molecular weight excluding hydrogens is 337 g/mol. The first-order valence-corrected chi connectivity index (χ1v) is 7.10. The van der Waals surface area contributed by atoms with E-state index in [2.05, 4.69) is 15.4 Å². The monoisotopic (exact) mass is 359 g/mol. The summed E-state index contributed by atoms with van der Waals surface area (Å²) in [5, 5.41) is 6.96. The van der Waals surface area contributed by atoms with Crippen molar-refractivity contribution in [2.75, 3.05) is 6.54 Å². The van der Waals surface area contributed by atoms with Gasteiger partial charge in [0.1, 0.15) is 12.7 Å². The van der Waals surface area contributed by atoms with E-state index in [1.54, 1.807) is 23.1 Å². The molecule has 0 aliphatic rings. The lowest BCUT2D eigenvalue weighted by Gasteiger charge is -2.26. The third kappa shape index (κ3) is 5.49. The molecule has 0 unspecified atom stereocenters. The summed E-state index contributed by atoms with van der Waals surface area (Å²) in [6.07, 6.45) is 4.69. The Morgan fingerprint density at radius 2 is 2.00 bits per heavy atom. The molecule has 23 heavy (non-hydrogen) atoms. The fraction of sp³-hybridized carbons (Fsp3) is 0.400. The summed E-state index contributed by atoms with van der Waals surface area (Å²) >= 11 is 0. The van der Waals surface area contributed by atoms with Gasteiger partial charge in [0.15, 0.2) is 0 Å². The topological polar surface area (TPSA) is 85.8 Å². The van der Waals surface area contributed by atoms with Crippen LogP contribution >= 0.6 is 24.8 Å². The molecule has 1 amide bonds. The Balaban J connectivity index is 0.00000242. The molecule has 1 aromatic heterocycles. The molecule has 0 radical (unpaired) electrons. The van der Waals surface area contributed by atoms with Crippen molar-refractivity contribution in [2.24, 2.45) is 5.73 Å². The molecule has 0 spiro atoms. The van der Waals surface area contributed by atoms with Gasteiger partial charge >= 0.3 is 0 Å². The molecule has 128 valence electrons. The fourth-order valence-electron chi connectivity index (χ4n) is 1.99. The maximum Gasteiger partial charge on any atom is 0.251 e. The molecule has 1 aromatic carbocycles. The van der Waals surface area contributed by atoms with Crippen molar-refractivity contribution in [3.05, 3.63) is 42.5 Å². The number of nitrogens with one attached hydrogen (secondary N) is 1. The third-order valence-electron chi connectivity index (χ3n) is 3.80. The molecule has 0 fully saturated rings. The van der Waals surface area contributed by atoms with Crippen LogP contribution in [0, 0.1) is 0 Å². The number of benzene rings is 1. The van der Waals surface area contributed by atoms with Crippen LogP contribution in [-0.2, 0) is 0 Å². The smallest absolute Gasteiger partial charge is 0.251 e. The van der Waals surface area contributed by atoms with Gasteiger partial charge in [-0.25, -0.2) is 9.67 Å². The third-order valence-corrected chi connectivity index (χ3v) is 3.80. The van der Waals surface area contributed by atoms with E-state index in [1.165, 1.54) is 6.33 Å². The minimum atomic E-state index is -0.348. The van der Waals surface area contributed by atoms with Crippen LogP contribution in [-0.4, -0.2) is 32.8 Å². The maximum atomic E-state index is 12.2. The second-order valence-corrected chi connectivity index (χ2v) is 5.14. The van der Waals surface area contributed by atoms with Crippen LogP contribution in [0.5, 0.6) is 0 Å². The van der Waals surface area contributed by atoms with Gasteiger partial charge in [-0.05, 0) is 31.0 Å². The lowest BCUT2D eigenvalue weighted by molar-refractivity contribution is 0.0942. The van der Waals surface area contributed by atoms with Crippen LogP contribution in [0.2, 0.25) is 0 Å². The molecule has 0 aliphatic carbocycles. The summed E-state index contributed by atoms with van der Waals surface area (Å²) in [7, 11) is 0. The lowest BCUT2D eigenvalue weighted by atomic mass is 9.94. The van der Waals surface area contributed by atoms with E-state index in [0.717, 1.165) is 18.5 Å². The van der Waals surface area contributed by atoms with Gasteiger partial charge in [-0.3, -0.25) is 4.79 Å². The highest BCUT2D eigenvalue weighted by atomic mass is 35.5. The molecule has 0 saturated carbocycles. The first-order valence-electron chi connectivity index (χ1n) is 7.10. The summed E-state index contributed by atoms with van der Waals surface area (Å²) < 4.78 is 1.61. The van der Waals surface area contributed by atoms with E-state index in [0.29, 0.717) is 12.1 Å². The number of halogens is 2. The summed E-state index contributed by atoms with van der Waals surface area (Å²) in [6, 6.07) is 7.24. The van der Waals surface area contributed by atoms with Gasteiger partial charge in [0, 0.05) is 17.6 Å². The van der Waals surface area contributed by atoms with Gasteiger partial charge in [-0.2, -0.15) is 5.10 Å². The van der Waals surface area contributed by atoms with Crippen LogP contribution in [0.4, 0.5) is 0 Å². The highest BCUT2D eigenvalue weighted by Gasteiger charge is 2.21. The number of rotatable bonds is 6. The summed E-state index contributed by atoms with van der Waals surface area (Å²) in [5.41, 5.74) is 7.22. The largest absolute Gasteiger partial charge is 0.350 e. The van der Waals surface area contributed by atoms with E-state index in [-0.39, 0.29) is 36.3 Å². The first-order chi connectivity index (χ1) is 10.1. The Hall–Kier alpha value is -1.63. The Labute approximate surface area is 148 Å². The summed E-state index contributed by atoms with van der Waals surface area (Å²) in [5.74, 6) is -0.131. The summed E-state index contributed by atoms with van der Waals surface area (Å²) in [4.78, 5) is 16.1. The van der Waals surface area contributed by atoms with E-state index in [4.69, 9.17) is 5.73 Å². The number of nitrogens with two attached hydrogens (primary N) is 1. The molecule has 8 heteroatoms. The normalized spacial score (nSPS) is 10.4. The maximum absolute atomic E-state index is 12.2. The van der Waals surface area contributed by atoms with E-state index in [1.807, 2.05) is 26.0 Å². The zero-order valence-corrected chi connectivity index (χ0v) is 14.9. The van der Waals surface area contributed by atoms with E-state index >= 15 is 0 Å². The molecule has 3 N–H and O–H groups in total. The minimum absolute atomic E-state index is 0. The van der Waals surface area contributed by atoms with Crippen LogP contribution in [0.15, 0.2) is 36.9 Å². The predicted molar refractivity (Wildman–Crippen MR) is 95.7 cm³/mol. The van der Waals surface area contributed by atoms with Crippen LogP contribution in [0.1, 0.15) is 37.0 Å². The van der Waals surface area contributed by atoms with Gasteiger partial charge in [-0.1, -0.05) is 19.9 Å². The van der Waals surface area contributed by atoms with Crippen molar-refractivity contribution in [3.63, 3.8) is 0 Å². The van der Waals surface area contributed by atoms with Crippen molar-refractivity contribution in [1.82, 2.24) is 20.1 Å². The number of carbonyl (C=O) groups is 1. The molecule has 6 nitrogen and oxygen atoms in total. The Morgan fingerprint density at radius 3 is 2.57 bits per heavy atom. The van der Waals surface area contributed by atoms with Gasteiger partial charge in [0.2, 0.25) is 0 Å². The molecule has 0 atom stereocenters. The number of nitrogens with zero attached hydrogens (tertiary/aromatic N) is 3. The van der Waals surface area contributed by atoms with E-state index < -0.39 is 0 Å². The SMILES string of the molecule is CCC(N)(CC)CNC(=O)c1cccc(-n2cncn2)c1.Cl.Cl. The average molecular weight is 360 g/mol. The van der Waals surface area contributed by atoms with E-state index in [9.17, 15) is 4.79 Å². The summed E-state index contributed by atoms with van der Waals surface area (Å²) in [6.45, 7) is 4.52. The van der Waals surface area contributed by atoms with Crippen molar-refractivity contribution < 1.29 is 4.79 Å². The number of amides is 1. The number of aromatic nitrogens is 3. The highest BCUT2D eigenvalue weighted by Crippen LogP contribution is 2.12. The van der Waals surface area contributed by atoms with Gasteiger partial charge in [0.25, 0.3) is 5.91 Å². The Kier molecular flexibility index (Phi) is 8.82. The van der Waals surface area contributed by atoms with Crippen LogP contribution in [0.3, 0.4) is 0 Å². The fourth-order valence-corrected chi connectivity index (χ4v) is 1.99. The van der Waals surface area contributed by atoms with Crippen LogP contribution in [0.25, 0.3) is 5.69 Å². The molecular formula is C15H23Cl2N5O. The highest BCUT2D eigenvalue weighted by molar-refractivity contribution is 5.94. The second kappa shape index (κ2) is 9.50. The molecule has 0 saturated heterocycles. The first kappa shape index (κ1) is 21.4. The Morgan fingerprint density at radius 1 is 1.30 bits per heavy atom. The van der Waals surface area contributed by atoms with Gasteiger partial charge in [0.05, 0.1) is 5.69 Å². The number of hydrogen-bond acceptors (Lipinski definition) is 4. The quantitative estimate of drug-likeness (QED) is 0.828. The predicted octanol–water partition coefficient (Wildman–Crippen LogP) is 2.36. The molecule has 1 heterocycles. The van der Waals surface area contributed by atoms with Gasteiger partial charge < -0.3 is 11.1 Å². The average Bonchev–Trinajstić information content (AvgIpc) is 3.07. The molecule has 0 aliphatic heterocycles. The standard InChI is InChI=1S/C15H21N5O.2ClH/c1-3-15(16,4-2)9-18-14(21)12-6-5-7-13(8-12)20-11-17-10-19-20;;/h5-8,10-11H,3-4,9,16H2,1-2H3,(H,18,21);2*1H. The van der Waals surface area contributed by atoms with Crippen molar-refractivity contribution >= 4 is 30.7 Å². The van der Waals surface area contributed by atoms with Gasteiger partial charge in [-0.15, -0.1) is 24.8 Å². The van der Waals surface area contributed by atoms with Crippen molar-refractivity contribution in [1.29, 1.82) is 0 Å². The zero-order valence-electron chi connectivity index (χ0n) is 13.2. The zero-order chi connectivity index (χ0) is 15.3. The Bertz CT molecular complexity index is 600. The van der Waals surface area contributed by atoms with Crippen LogP contribution < -0.4 is 11.1 Å². The minimum Gasteiger partial charge on any atom is -0.350 e. The number of hydrogen-bond donors (Lipinski definition) is 2. The van der Waals surface area contributed by atoms with Crippen molar-refractivity contribution in [2.45, 2.75) is 32.2 Å². The number of carbonyl (C=O) groups excluding carboxylic acids is 1. The second-order valence-electron chi connectivity index (χ2n) is 5.14. The lowest BCUT2D eigenvalue weighted by Crippen LogP contribution is -2.49.